The molecule has 0 aromatic carbocycles. The Hall–Kier alpha value is -1.06. The molecule has 1 heterocycles. The summed E-state index contributed by atoms with van der Waals surface area (Å²) in [6, 6.07) is 0. The summed E-state index contributed by atoms with van der Waals surface area (Å²) in [6.07, 6.45) is 15.8. The Balaban J connectivity index is 1.94. The van der Waals surface area contributed by atoms with Gasteiger partial charge in [-0.2, -0.15) is 0 Å². The molecule has 0 radical (unpaired) electrons. The van der Waals surface area contributed by atoms with Gasteiger partial charge in [-0.15, -0.1) is 0 Å². The molecule has 1 N–H and O–H groups in total. The summed E-state index contributed by atoms with van der Waals surface area (Å²) >= 11 is 0. The number of fused-ring (bicyclic) bond motifs is 1. The standard InChI is InChI=1S/C20H32N2Si/c1-20(2,3)21-23(4,5)19-15-18(22-13-9-6-10-14-22)16-11-7-8-12-17(16)19/h7-8,11-12,15-16,21H,6,9-10,13-14H2,1-5H3. The van der Waals surface area contributed by atoms with E-state index in [0.717, 1.165) is 0 Å². The zero-order valence-corrected chi connectivity index (χ0v) is 16.4. The number of nitrogens with zero attached hydrogens (tertiary/aromatic N) is 1. The highest BCUT2D eigenvalue weighted by Gasteiger charge is 2.38. The first kappa shape index (κ1) is 16.8. The van der Waals surface area contributed by atoms with Crippen LogP contribution in [0.1, 0.15) is 40.0 Å². The van der Waals surface area contributed by atoms with Crippen LogP contribution in [0.15, 0.2) is 46.8 Å². The molecule has 126 valence electrons. The smallest absolute Gasteiger partial charge is 0.152 e. The van der Waals surface area contributed by atoms with Crippen LogP contribution >= 0.6 is 0 Å². The van der Waals surface area contributed by atoms with Crippen molar-refractivity contribution in [1.29, 1.82) is 0 Å². The maximum Gasteiger partial charge on any atom is 0.152 e. The molecule has 2 aliphatic carbocycles. The highest BCUT2D eigenvalue weighted by atomic mass is 28.3. The van der Waals surface area contributed by atoms with Crippen LogP contribution in [0.4, 0.5) is 0 Å². The molecule has 0 aromatic rings. The van der Waals surface area contributed by atoms with E-state index in [0.29, 0.717) is 5.92 Å². The molecule has 3 rings (SSSR count). The first-order chi connectivity index (χ1) is 10.8. The fraction of sp³-hybridized carbons (Fsp3) is 0.600. The van der Waals surface area contributed by atoms with E-state index in [9.17, 15) is 0 Å². The fourth-order valence-electron chi connectivity index (χ4n) is 4.36. The van der Waals surface area contributed by atoms with E-state index < -0.39 is 8.24 Å². The Bertz CT molecular complexity index is 581. The quantitative estimate of drug-likeness (QED) is 0.765. The van der Waals surface area contributed by atoms with Crippen LogP contribution < -0.4 is 4.98 Å². The zero-order chi connectivity index (χ0) is 16.7. The van der Waals surface area contributed by atoms with Gasteiger partial charge in [-0.05, 0) is 56.9 Å². The average molecular weight is 329 g/mol. The molecular formula is C20H32N2Si. The molecule has 0 bridgehead atoms. The Labute approximate surface area is 143 Å². The van der Waals surface area contributed by atoms with Gasteiger partial charge in [-0.3, -0.25) is 0 Å². The molecule has 3 aliphatic rings. The van der Waals surface area contributed by atoms with Gasteiger partial charge in [-0.1, -0.05) is 37.4 Å². The number of piperidine rings is 1. The fourth-order valence-corrected chi connectivity index (χ4v) is 7.84. The van der Waals surface area contributed by atoms with E-state index in [1.165, 1.54) is 32.4 Å². The van der Waals surface area contributed by atoms with Crippen molar-refractivity contribution in [3.05, 3.63) is 46.8 Å². The van der Waals surface area contributed by atoms with E-state index in [4.69, 9.17) is 0 Å². The zero-order valence-electron chi connectivity index (χ0n) is 15.4. The molecule has 1 unspecified atom stereocenters. The monoisotopic (exact) mass is 328 g/mol. The highest BCUT2D eigenvalue weighted by Crippen LogP contribution is 2.41. The molecule has 0 aromatic heterocycles. The lowest BCUT2D eigenvalue weighted by atomic mass is 9.94. The van der Waals surface area contributed by atoms with Crippen LogP contribution in [-0.4, -0.2) is 31.8 Å². The van der Waals surface area contributed by atoms with Crippen molar-refractivity contribution in [2.45, 2.75) is 58.7 Å². The van der Waals surface area contributed by atoms with Gasteiger partial charge in [0.25, 0.3) is 0 Å². The summed E-state index contributed by atoms with van der Waals surface area (Å²) in [5.41, 5.74) is 3.25. The molecule has 1 aliphatic heterocycles. The molecule has 0 amide bonds. The molecule has 3 heteroatoms. The van der Waals surface area contributed by atoms with E-state index in [2.05, 4.69) is 74.1 Å². The van der Waals surface area contributed by atoms with Gasteiger partial charge < -0.3 is 9.88 Å². The third-order valence-corrected chi connectivity index (χ3v) is 8.18. The normalized spacial score (nSPS) is 25.0. The summed E-state index contributed by atoms with van der Waals surface area (Å²) in [5.74, 6) is 0.488. The second-order valence-corrected chi connectivity index (χ2v) is 12.7. The first-order valence-electron chi connectivity index (χ1n) is 9.13. The van der Waals surface area contributed by atoms with E-state index in [1.807, 2.05) is 0 Å². The minimum absolute atomic E-state index is 0.161. The molecule has 0 saturated carbocycles. The first-order valence-corrected chi connectivity index (χ1v) is 12.1. The van der Waals surface area contributed by atoms with E-state index in [1.54, 1.807) is 16.5 Å². The van der Waals surface area contributed by atoms with Gasteiger partial charge in [0.15, 0.2) is 8.24 Å². The number of hydrogen-bond donors (Lipinski definition) is 1. The number of likely N-dealkylation sites (tertiary alicyclic amines) is 1. The Kier molecular flexibility index (Phi) is 4.45. The predicted octanol–water partition coefficient (Wildman–Crippen LogP) is 4.54. The van der Waals surface area contributed by atoms with Crippen LogP contribution in [0.5, 0.6) is 0 Å². The van der Waals surface area contributed by atoms with Crippen molar-refractivity contribution in [3.63, 3.8) is 0 Å². The van der Waals surface area contributed by atoms with Gasteiger partial charge in [0.05, 0.1) is 0 Å². The third-order valence-electron chi connectivity index (χ3n) is 5.03. The minimum Gasteiger partial charge on any atom is -0.374 e. The molecular weight excluding hydrogens is 296 g/mol. The number of rotatable bonds is 3. The van der Waals surface area contributed by atoms with Crippen molar-refractivity contribution in [2.24, 2.45) is 5.92 Å². The van der Waals surface area contributed by atoms with Crippen LogP contribution in [0.2, 0.25) is 13.1 Å². The highest BCUT2D eigenvalue weighted by molar-refractivity contribution is 6.83. The minimum atomic E-state index is -1.68. The maximum absolute atomic E-state index is 3.95. The SMILES string of the molecule is CC(C)(C)N[Si](C)(C)C1=C2C=CC=CC2C(N2CCCCC2)=C1. The van der Waals surface area contributed by atoms with Crippen molar-refractivity contribution >= 4 is 8.24 Å². The van der Waals surface area contributed by atoms with Crippen LogP contribution in [0.25, 0.3) is 0 Å². The van der Waals surface area contributed by atoms with Gasteiger partial charge in [0.2, 0.25) is 0 Å². The summed E-state index contributed by atoms with van der Waals surface area (Å²) in [6.45, 7) is 14.2. The third kappa shape index (κ3) is 3.56. The topological polar surface area (TPSA) is 15.3 Å². The number of allylic oxidation sites excluding steroid dienone is 6. The Morgan fingerprint density at radius 3 is 2.43 bits per heavy atom. The lowest BCUT2D eigenvalue weighted by molar-refractivity contribution is 0.272. The lowest BCUT2D eigenvalue weighted by Gasteiger charge is -2.34. The molecule has 1 atom stereocenters. The van der Waals surface area contributed by atoms with E-state index in [-0.39, 0.29) is 5.54 Å². The van der Waals surface area contributed by atoms with E-state index >= 15 is 0 Å². The van der Waals surface area contributed by atoms with Crippen LogP contribution in [0, 0.1) is 5.92 Å². The molecule has 0 spiro atoms. The summed E-state index contributed by atoms with van der Waals surface area (Å²) in [5, 5.41) is 1.60. The van der Waals surface area contributed by atoms with Gasteiger partial charge in [-0.25, -0.2) is 0 Å². The Morgan fingerprint density at radius 2 is 1.78 bits per heavy atom. The van der Waals surface area contributed by atoms with Gasteiger partial charge in [0, 0.05) is 30.2 Å². The average Bonchev–Trinajstić information content (AvgIpc) is 2.86. The van der Waals surface area contributed by atoms with Crippen LogP contribution in [0.3, 0.4) is 0 Å². The van der Waals surface area contributed by atoms with Gasteiger partial charge >= 0.3 is 0 Å². The number of hydrogen-bond acceptors (Lipinski definition) is 2. The molecule has 23 heavy (non-hydrogen) atoms. The van der Waals surface area contributed by atoms with Crippen molar-refractivity contribution in [1.82, 2.24) is 9.88 Å². The summed E-state index contributed by atoms with van der Waals surface area (Å²) in [4.78, 5) is 6.60. The lowest BCUT2D eigenvalue weighted by Crippen LogP contribution is -2.55. The second-order valence-electron chi connectivity index (χ2n) is 8.71. The van der Waals surface area contributed by atoms with Crippen molar-refractivity contribution in [3.8, 4) is 0 Å². The maximum atomic E-state index is 3.95. The second kappa shape index (κ2) is 6.10. The number of nitrogens with one attached hydrogen (secondary N) is 1. The molecule has 1 saturated heterocycles. The van der Waals surface area contributed by atoms with Crippen LogP contribution in [-0.2, 0) is 0 Å². The largest absolute Gasteiger partial charge is 0.374 e. The van der Waals surface area contributed by atoms with Crippen molar-refractivity contribution in [2.75, 3.05) is 13.1 Å². The summed E-state index contributed by atoms with van der Waals surface area (Å²) in [7, 11) is -1.68. The molecule has 2 nitrogen and oxygen atoms in total. The van der Waals surface area contributed by atoms with Gasteiger partial charge in [0.1, 0.15) is 0 Å². The Morgan fingerprint density at radius 1 is 1.09 bits per heavy atom. The predicted molar refractivity (Wildman–Crippen MR) is 103 cm³/mol. The molecule has 1 fully saturated rings. The van der Waals surface area contributed by atoms with Crippen molar-refractivity contribution < 1.29 is 0 Å². The summed E-state index contributed by atoms with van der Waals surface area (Å²) < 4.78 is 0.